The molecular formula is C17H18N2O. The quantitative estimate of drug-likeness (QED) is 0.879. The molecule has 0 spiro atoms. The molecular weight excluding hydrogens is 248 g/mol. The third-order valence-electron chi connectivity index (χ3n) is 3.95. The number of fused-ring (bicyclic) bond motifs is 1. The van der Waals surface area contributed by atoms with Gasteiger partial charge in [-0.05, 0) is 42.5 Å². The molecule has 2 N–H and O–H groups in total. The Balaban J connectivity index is 1.66. The molecule has 1 saturated carbocycles. The number of benzene rings is 2. The SMILES string of the molecule is c1ccc(-c2ccc3c(c2)NCN3)c(OCC2CC2)c1. The van der Waals surface area contributed by atoms with Gasteiger partial charge in [-0.2, -0.15) is 0 Å². The molecule has 0 amide bonds. The summed E-state index contributed by atoms with van der Waals surface area (Å²) in [7, 11) is 0. The second kappa shape index (κ2) is 4.75. The molecule has 0 unspecified atom stereocenters. The topological polar surface area (TPSA) is 33.3 Å². The zero-order chi connectivity index (χ0) is 13.4. The molecule has 102 valence electrons. The molecule has 4 rings (SSSR count). The Hall–Kier alpha value is -2.16. The van der Waals surface area contributed by atoms with Gasteiger partial charge >= 0.3 is 0 Å². The fourth-order valence-corrected chi connectivity index (χ4v) is 2.57. The smallest absolute Gasteiger partial charge is 0.127 e. The minimum absolute atomic E-state index is 0.772. The average molecular weight is 266 g/mol. The summed E-state index contributed by atoms with van der Waals surface area (Å²) in [5, 5.41) is 6.64. The molecule has 1 heterocycles. The van der Waals surface area contributed by atoms with Crippen molar-refractivity contribution < 1.29 is 4.74 Å². The van der Waals surface area contributed by atoms with Crippen LogP contribution in [0.15, 0.2) is 42.5 Å². The zero-order valence-corrected chi connectivity index (χ0v) is 11.4. The Morgan fingerprint density at radius 1 is 1.00 bits per heavy atom. The summed E-state index contributed by atoms with van der Waals surface area (Å²) in [4.78, 5) is 0. The first-order chi connectivity index (χ1) is 9.90. The number of ether oxygens (including phenoxy) is 1. The van der Waals surface area contributed by atoms with Crippen LogP contribution in [-0.4, -0.2) is 13.3 Å². The van der Waals surface area contributed by atoms with Crippen LogP contribution in [0.25, 0.3) is 11.1 Å². The van der Waals surface area contributed by atoms with E-state index < -0.39 is 0 Å². The highest BCUT2D eigenvalue weighted by molar-refractivity contribution is 5.81. The molecule has 20 heavy (non-hydrogen) atoms. The van der Waals surface area contributed by atoms with Crippen LogP contribution in [0.1, 0.15) is 12.8 Å². The van der Waals surface area contributed by atoms with Crippen LogP contribution in [0.3, 0.4) is 0 Å². The van der Waals surface area contributed by atoms with Crippen LogP contribution in [0.4, 0.5) is 11.4 Å². The van der Waals surface area contributed by atoms with Gasteiger partial charge in [-0.25, -0.2) is 0 Å². The van der Waals surface area contributed by atoms with Crippen molar-refractivity contribution in [1.82, 2.24) is 0 Å². The van der Waals surface area contributed by atoms with Gasteiger partial charge in [0.15, 0.2) is 0 Å². The van der Waals surface area contributed by atoms with Crippen LogP contribution in [0, 0.1) is 5.92 Å². The number of hydrogen-bond acceptors (Lipinski definition) is 3. The normalized spacial score (nSPS) is 16.2. The van der Waals surface area contributed by atoms with Crippen LogP contribution >= 0.6 is 0 Å². The first-order valence-corrected chi connectivity index (χ1v) is 7.24. The molecule has 2 aromatic carbocycles. The molecule has 1 aliphatic carbocycles. The van der Waals surface area contributed by atoms with Crippen molar-refractivity contribution in [3.05, 3.63) is 42.5 Å². The van der Waals surface area contributed by atoms with Crippen molar-refractivity contribution in [2.45, 2.75) is 12.8 Å². The van der Waals surface area contributed by atoms with E-state index in [1.54, 1.807) is 0 Å². The van der Waals surface area contributed by atoms with Gasteiger partial charge in [0.05, 0.1) is 24.7 Å². The van der Waals surface area contributed by atoms with Crippen molar-refractivity contribution in [2.75, 3.05) is 23.9 Å². The molecule has 3 heteroatoms. The molecule has 2 aromatic rings. The van der Waals surface area contributed by atoms with E-state index >= 15 is 0 Å². The lowest BCUT2D eigenvalue weighted by molar-refractivity contribution is 0.301. The predicted octanol–water partition coefficient (Wildman–Crippen LogP) is 3.94. The molecule has 0 saturated heterocycles. The van der Waals surface area contributed by atoms with Crippen LogP contribution in [0.5, 0.6) is 5.75 Å². The van der Waals surface area contributed by atoms with Crippen LogP contribution in [-0.2, 0) is 0 Å². The van der Waals surface area contributed by atoms with Crippen LogP contribution in [0.2, 0.25) is 0 Å². The first kappa shape index (κ1) is 11.6. The Kier molecular flexibility index (Phi) is 2.76. The van der Waals surface area contributed by atoms with Crippen molar-refractivity contribution >= 4 is 11.4 Å². The van der Waals surface area contributed by atoms with Crippen molar-refractivity contribution in [3.63, 3.8) is 0 Å². The molecule has 0 aromatic heterocycles. The van der Waals surface area contributed by atoms with Gasteiger partial charge in [0.25, 0.3) is 0 Å². The van der Waals surface area contributed by atoms with Gasteiger partial charge in [0.1, 0.15) is 5.75 Å². The lowest BCUT2D eigenvalue weighted by Crippen LogP contribution is -2.00. The fraction of sp³-hybridized carbons (Fsp3) is 0.294. The Morgan fingerprint density at radius 3 is 2.75 bits per heavy atom. The maximum absolute atomic E-state index is 6.00. The van der Waals surface area contributed by atoms with Gasteiger partial charge in [-0.15, -0.1) is 0 Å². The van der Waals surface area contributed by atoms with Crippen molar-refractivity contribution in [1.29, 1.82) is 0 Å². The van der Waals surface area contributed by atoms with E-state index in [1.807, 2.05) is 6.07 Å². The monoisotopic (exact) mass is 266 g/mol. The molecule has 2 aliphatic rings. The minimum Gasteiger partial charge on any atom is -0.493 e. The van der Waals surface area contributed by atoms with E-state index in [0.29, 0.717) is 0 Å². The number of hydrogen-bond donors (Lipinski definition) is 2. The Bertz CT molecular complexity index is 635. The Morgan fingerprint density at radius 2 is 1.85 bits per heavy atom. The molecule has 1 aliphatic heterocycles. The largest absolute Gasteiger partial charge is 0.493 e. The summed E-state index contributed by atoms with van der Waals surface area (Å²) in [5.41, 5.74) is 4.71. The minimum atomic E-state index is 0.772. The van der Waals surface area contributed by atoms with Gasteiger partial charge < -0.3 is 15.4 Å². The summed E-state index contributed by atoms with van der Waals surface area (Å²) in [5.74, 6) is 1.76. The van der Waals surface area contributed by atoms with Gasteiger partial charge in [0, 0.05) is 5.56 Å². The molecule has 3 nitrogen and oxygen atoms in total. The third kappa shape index (κ3) is 2.20. The van der Waals surface area contributed by atoms with Crippen LogP contribution < -0.4 is 15.4 Å². The zero-order valence-electron chi connectivity index (χ0n) is 11.4. The van der Waals surface area contributed by atoms with E-state index in [-0.39, 0.29) is 0 Å². The summed E-state index contributed by atoms with van der Waals surface area (Å²) < 4.78 is 6.00. The number of rotatable bonds is 4. The van der Waals surface area contributed by atoms with Gasteiger partial charge in [-0.3, -0.25) is 0 Å². The maximum Gasteiger partial charge on any atom is 0.127 e. The highest BCUT2D eigenvalue weighted by Gasteiger charge is 2.22. The maximum atomic E-state index is 6.00. The highest BCUT2D eigenvalue weighted by Crippen LogP contribution is 2.37. The molecule has 0 atom stereocenters. The van der Waals surface area contributed by atoms with Gasteiger partial charge in [-0.1, -0.05) is 24.3 Å². The molecule has 0 radical (unpaired) electrons. The predicted molar refractivity (Wildman–Crippen MR) is 82.2 cm³/mol. The second-order valence-electron chi connectivity index (χ2n) is 5.54. The third-order valence-corrected chi connectivity index (χ3v) is 3.95. The summed E-state index contributed by atoms with van der Waals surface area (Å²) >= 11 is 0. The summed E-state index contributed by atoms with van der Waals surface area (Å²) in [6.07, 6.45) is 2.63. The van der Waals surface area contributed by atoms with Crippen molar-refractivity contribution in [3.8, 4) is 16.9 Å². The standard InChI is InChI=1S/C17H18N2O/c1-2-4-17(20-10-12-5-6-12)14(3-1)13-7-8-15-16(9-13)19-11-18-15/h1-4,7-9,12,18-19H,5-6,10-11H2. The van der Waals surface area contributed by atoms with E-state index in [9.17, 15) is 0 Å². The van der Waals surface area contributed by atoms with Crippen molar-refractivity contribution in [2.24, 2.45) is 5.92 Å². The van der Waals surface area contributed by atoms with E-state index in [2.05, 4.69) is 47.0 Å². The molecule has 1 fully saturated rings. The summed E-state index contributed by atoms with van der Waals surface area (Å²) in [6.45, 7) is 1.65. The van der Waals surface area contributed by atoms with Gasteiger partial charge in [0.2, 0.25) is 0 Å². The highest BCUT2D eigenvalue weighted by atomic mass is 16.5. The average Bonchev–Trinajstić information content (AvgIpc) is 3.20. The lowest BCUT2D eigenvalue weighted by Gasteiger charge is -2.12. The number of nitrogens with one attached hydrogen (secondary N) is 2. The Labute approximate surface area is 119 Å². The number of anilines is 2. The molecule has 0 bridgehead atoms. The first-order valence-electron chi connectivity index (χ1n) is 7.24. The lowest BCUT2D eigenvalue weighted by atomic mass is 10.0. The second-order valence-corrected chi connectivity index (χ2v) is 5.54. The van der Waals surface area contributed by atoms with E-state index in [0.717, 1.165) is 24.9 Å². The summed E-state index contributed by atoms with van der Waals surface area (Å²) in [6, 6.07) is 14.8. The van der Waals surface area contributed by atoms with E-state index in [1.165, 1.54) is 35.3 Å². The fourth-order valence-electron chi connectivity index (χ4n) is 2.57. The number of para-hydroxylation sites is 1. The van der Waals surface area contributed by atoms with E-state index in [4.69, 9.17) is 4.74 Å².